The normalized spacial score (nSPS) is 20.4. The van der Waals surface area contributed by atoms with E-state index in [0.717, 1.165) is 37.2 Å². The molecule has 45 heavy (non-hydrogen) atoms. The molecular formula is C34H38N4O5S2. The largest absolute Gasteiger partial charge is 0.392 e. The zero-order valence-corrected chi connectivity index (χ0v) is 27.1. The second kappa shape index (κ2) is 15.6. The quantitative estimate of drug-likeness (QED) is 0.162. The fourth-order valence-corrected chi connectivity index (χ4v) is 7.14. The predicted octanol–water partition coefficient (Wildman–Crippen LogP) is 5.92. The lowest BCUT2D eigenvalue weighted by Gasteiger charge is -2.41. The van der Waals surface area contributed by atoms with Crippen LogP contribution < -0.4 is 10.6 Å². The van der Waals surface area contributed by atoms with E-state index in [2.05, 4.69) is 27.8 Å². The highest BCUT2D eigenvalue weighted by atomic mass is 32.2. The molecule has 2 heterocycles. The third kappa shape index (κ3) is 8.99. The van der Waals surface area contributed by atoms with Gasteiger partial charge < -0.3 is 25.2 Å². The van der Waals surface area contributed by atoms with Crippen LogP contribution in [-0.2, 0) is 33.8 Å². The summed E-state index contributed by atoms with van der Waals surface area (Å²) in [5.74, 6) is 0.659. The molecule has 0 spiro atoms. The number of nitrogens with one attached hydrogen (secondary N) is 2. The SMILES string of the molecule is CC(=O)C(Cc1ccccc1)NC(=O)NCc1ccc(C2OC(CSc3nnc(C)s3)C(C)C(c3ccc(CO)cc3)O2)cc1. The molecule has 0 aliphatic carbocycles. The van der Waals surface area contributed by atoms with Gasteiger partial charge in [0.15, 0.2) is 16.4 Å². The fraction of sp³-hybridized carbons (Fsp3) is 0.353. The van der Waals surface area contributed by atoms with Gasteiger partial charge in [0.1, 0.15) is 5.01 Å². The minimum absolute atomic E-state index is 0.0124. The van der Waals surface area contributed by atoms with Crippen LogP contribution in [0.3, 0.4) is 0 Å². The molecule has 9 nitrogen and oxygen atoms in total. The average molecular weight is 647 g/mol. The van der Waals surface area contributed by atoms with Gasteiger partial charge in [-0.2, -0.15) is 0 Å². The molecule has 1 aliphatic rings. The highest BCUT2D eigenvalue weighted by Gasteiger charge is 2.38. The number of benzene rings is 3. The van der Waals surface area contributed by atoms with Gasteiger partial charge in [-0.1, -0.05) is 109 Å². The van der Waals surface area contributed by atoms with Gasteiger partial charge in [0, 0.05) is 23.8 Å². The predicted molar refractivity (Wildman–Crippen MR) is 175 cm³/mol. The van der Waals surface area contributed by atoms with Gasteiger partial charge in [-0.25, -0.2) is 4.79 Å². The molecule has 1 fully saturated rings. The van der Waals surface area contributed by atoms with E-state index in [4.69, 9.17) is 9.47 Å². The zero-order chi connectivity index (χ0) is 31.8. The van der Waals surface area contributed by atoms with E-state index in [-0.39, 0.29) is 30.5 Å². The van der Waals surface area contributed by atoms with Crippen LogP contribution in [-0.4, -0.2) is 45.0 Å². The van der Waals surface area contributed by atoms with Crippen LogP contribution in [0.15, 0.2) is 83.2 Å². The monoisotopic (exact) mass is 646 g/mol. The van der Waals surface area contributed by atoms with E-state index in [9.17, 15) is 14.7 Å². The topological polar surface area (TPSA) is 123 Å². The second-order valence-corrected chi connectivity index (χ2v) is 13.6. The Labute approximate surface area is 271 Å². The summed E-state index contributed by atoms with van der Waals surface area (Å²) < 4.78 is 14.0. The number of ether oxygens (including phenoxy) is 2. The maximum atomic E-state index is 12.6. The number of aromatic nitrogens is 2. The molecule has 5 unspecified atom stereocenters. The number of hydrogen-bond donors (Lipinski definition) is 3. The number of carbonyl (C=O) groups is 2. The maximum absolute atomic E-state index is 12.6. The summed E-state index contributed by atoms with van der Waals surface area (Å²) in [6.45, 7) is 5.84. The third-order valence-corrected chi connectivity index (χ3v) is 9.85. The number of amides is 2. The molecule has 0 bridgehead atoms. The first-order valence-corrected chi connectivity index (χ1v) is 16.7. The summed E-state index contributed by atoms with van der Waals surface area (Å²) >= 11 is 3.20. The first-order chi connectivity index (χ1) is 21.8. The second-order valence-electron chi connectivity index (χ2n) is 11.1. The van der Waals surface area contributed by atoms with E-state index in [1.54, 1.807) is 23.1 Å². The number of aryl methyl sites for hydroxylation is 1. The van der Waals surface area contributed by atoms with Crippen LogP contribution in [0.4, 0.5) is 4.79 Å². The molecule has 11 heteroatoms. The molecule has 5 rings (SSSR count). The van der Waals surface area contributed by atoms with E-state index < -0.39 is 18.4 Å². The number of aliphatic hydroxyl groups is 1. The van der Waals surface area contributed by atoms with Crippen LogP contribution in [0.2, 0.25) is 0 Å². The molecule has 236 valence electrons. The molecule has 4 aromatic rings. The lowest BCUT2D eigenvalue weighted by molar-refractivity contribution is -0.268. The van der Waals surface area contributed by atoms with Gasteiger partial charge in [-0.3, -0.25) is 4.79 Å². The standard InChI is InChI=1S/C34H38N4O5S2/c1-21-30(20-44-34-38-37-23(3)45-34)42-32(43-31(21)27-13-11-26(19-39)12-14-27)28-15-9-25(10-16-28)18-35-33(41)36-29(22(2)40)17-24-7-5-4-6-8-24/h4-16,21,29-32,39H,17-20H2,1-3H3,(H2,35,36,41). The third-order valence-electron chi connectivity index (χ3n) is 7.79. The highest BCUT2D eigenvalue weighted by molar-refractivity contribution is 8.01. The van der Waals surface area contributed by atoms with Crippen LogP contribution in [0.25, 0.3) is 0 Å². The van der Waals surface area contributed by atoms with Gasteiger partial charge in [-0.05, 0) is 42.5 Å². The minimum Gasteiger partial charge on any atom is -0.392 e. The van der Waals surface area contributed by atoms with Crippen molar-refractivity contribution in [1.82, 2.24) is 20.8 Å². The zero-order valence-electron chi connectivity index (χ0n) is 25.5. The van der Waals surface area contributed by atoms with Crippen molar-refractivity contribution in [2.45, 2.75) is 69.2 Å². The summed E-state index contributed by atoms with van der Waals surface area (Å²) in [6, 6.07) is 24.2. The molecule has 3 aromatic carbocycles. The first-order valence-electron chi connectivity index (χ1n) is 14.9. The summed E-state index contributed by atoms with van der Waals surface area (Å²) in [5, 5.41) is 24.5. The lowest BCUT2D eigenvalue weighted by atomic mass is 9.91. The summed E-state index contributed by atoms with van der Waals surface area (Å²) in [5.41, 5.74) is 4.62. The minimum atomic E-state index is -0.604. The summed E-state index contributed by atoms with van der Waals surface area (Å²) in [7, 11) is 0. The molecule has 5 atom stereocenters. The number of urea groups is 1. The van der Waals surface area contributed by atoms with Gasteiger partial charge in [0.2, 0.25) is 0 Å². The Bertz CT molecular complexity index is 1550. The molecule has 2 amide bonds. The van der Waals surface area contributed by atoms with Crippen molar-refractivity contribution in [3.8, 4) is 0 Å². The van der Waals surface area contributed by atoms with Crippen molar-refractivity contribution in [2.24, 2.45) is 5.92 Å². The molecular weight excluding hydrogens is 609 g/mol. The van der Waals surface area contributed by atoms with Crippen molar-refractivity contribution < 1.29 is 24.2 Å². The number of thioether (sulfide) groups is 1. The number of aliphatic hydroxyl groups excluding tert-OH is 1. The van der Waals surface area contributed by atoms with E-state index in [1.807, 2.05) is 85.8 Å². The van der Waals surface area contributed by atoms with E-state index in [1.165, 1.54) is 6.92 Å². The van der Waals surface area contributed by atoms with Gasteiger partial charge in [0.25, 0.3) is 0 Å². The van der Waals surface area contributed by atoms with Crippen LogP contribution >= 0.6 is 23.1 Å². The van der Waals surface area contributed by atoms with E-state index >= 15 is 0 Å². The smallest absolute Gasteiger partial charge is 0.315 e. The molecule has 0 radical (unpaired) electrons. The Kier molecular flexibility index (Phi) is 11.4. The lowest BCUT2D eigenvalue weighted by Crippen LogP contribution is -2.46. The Morgan fingerprint density at radius 2 is 1.62 bits per heavy atom. The molecule has 1 aliphatic heterocycles. The summed E-state index contributed by atoms with van der Waals surface area (Å²) in [6.07, 6.45) is -0.487. The Hall–Kier alpha value is -3.61. The molecule has 1 aromatic heterocycles. The average Bonchev–Trinajstić information content (AvgIpc) is 3.48. The summed E-state index contributed by atoms with van der Waals surface area (Å²) in [4.78, 5) is 24.8. The first kappa shape index (κ1) is 32.8. The van der Waals surface area contributed by atoms with Gasteiger partial charge in [0.05, 0.1) is 24.9 Å². The molecule has 1 saturated heterocycles. The number of Topliss-reactive ketones (excluding diaryl/α,β-unsaturated/α-hetero) is 1. The van der Waals surface area contributed by atoms with Crippen molar-refractivity contribution in [3.05, 3.63) is 112 Å². The highest BCUT2D eigenvalue weighted by Crippen LogP contribution is 2.43. The Morgan fingerprint density at radius 1 is 0.933 bits per heavy atom. The Morgan fingerprint density at radius 3 is 2.27 bits per heavy atom. The van der Waals surface area contributed by atoms with Crippen molar-refractivity contribution in [1.29, 1.82) is 0 Å². The maximum Gasteiger partial charge on any atom is 0.315 e. The molecule has 0 saturated carbocycles. The van der Waals surface area contributed by atoms with Crippen LogP contribution in [0, 0.1) is 12.8 Å². The van der Waals surface area contributed by atoms with Crippen molar-refractivity contribution in [3.63, 3.8) is 0 Å². The van der Waals surface area contributed by atoms with Crippen LogP contribution in [0.5, 0.6) is 0 Å². The Balaban J connectivity index is 1.23. The van der Waals surface area contributed by atoms with E-state index in [0.29, 0.717) is 18.7 Å². The number of hydrogen-bond acceptors (Lipinski definition) is 9. The number of nitrogens with zero attached hydrogens (tertiary/aromatic N) is 2. The van der Waals surface area contributed by atoms with Gasteiger partial charge >= 0.3 is 6.03 Å². The number of carbonyl (C=O) groups excluding carboxylic acids is 2. The number of rotatable bonds is 12. The fourth-order valence-electron chi connectivity index (χ4n) is 5.13. The van der Waals surface area contributed by atoms with Crippen LogP contribution in [0.1, 0.15) is 59.1 Å². The van der Waals surface area contributed by atoms with Gasteiger partial charge in [-0.15, -0.1) is 10.2 Å². The molecule has 3 N–H and O–H groups in total. The van der Waals surface area contributed by atoms with Crippen molar-refractivity contribution >= 4 is 34.9 Å². The van der Waals surface area contributed by atoms with Crippen molar-refractivity contribution in [2.75, 3.05) is 5.75 Å². The number of ketones is 1.